The van der Waals surface area contributed by atoms with E-state index >= 15 is 0 Å². The Morgan fingerprint density at radius 1 is 0.973 bits per heavy atom. The van der Waals surface area contributed by atoms with E-state index in [2.05, 4.69) is 20.7 Å². The molecular formula is C27H32N6O4. The third-order valence-corrected chi connectivity index (χ3v) is 7.64. The van der Waals surface area contributed by atoms with Crippen LogP contribution in [0.4, 0.5) is 0 Å². The molecule has 37 heavy (non-hydrogen) atoms. The Morgan fingerprint density at radius 2 is 1.76 bits per heavy atom. The van der Waals surface area contributed by atoms with Gasteiger partial charge in [0.15, 0.2) is 0 Å². The molecule has 3 aliphatic rings. The fourth-order valence-electron chi connectivity index (χ4n) is 5.44. The predicted octanol–water partition coefficient (Wildman–Crippen LogP) is 2.63. The summed E-state index contributed by atoms with van der Waals surface area (Å²) in [6.07, 6.45) is 3.50. The fraction of sp³-hybridized carbons (Fsp3) is 0.444. The van der Waals surface area contributed by atoms with Crippen molar-refractivity contribution in [2.24, 2.45) is 5.41 Å². The minimum atomic E-state index is -0.505. The molecule has 2 N–H and O–H groups in total. The van der Waals surface area contributed by atoms with Crippen molar-refractivity contribution in [1.29, 1.82) is 0 Å². The van der Waals surface area contributed by atoms with Crippen LogP contribution in [-0.4, -0.2) is 82.8 Å². The van der Waals surface area contributed by atoms with Gasteiger partial charge >= 0.3 is 0 Å². The van der Waals surface area contributed by atoms with Gasteiger partial charge in [0.1, 0.15) is 23.4 Å². The molecule has 2 bridgehead atoms. The van der Waals surface area contributed by atoms with Crippen LogP contribution in [0.1, 0.15) is 52.8 Å². The monoisotopic (exact) mass is 504 g/mol. The number of nitrogens with zero attached hydrogens (tertiary/aromatic N) is 4. The summed E-state index contributed by atoms with van der Waals surface area (Å²) >= 11 is 0. The summed E-state index contributed by atoms with van der Waals surface area (Å²) in [7, 11) is 1.67. The first-order valence-electron chi connectivity index (χ1n) is 12.8. The number of benzene rings is 2. The van der Waals surface area contributed by atoms with Gasteiger partial charge < -0.3 is 19.9 Å². The number of fused-ring (bicyclic) bond motifs is 10. The number of hydrogen-bond acceptors (Lipinski definition) is 6. The Kier molecular flexibility index (Phi) is 7.07. The number of nitrogens with one attached hydrogen (secondary N) is 2. The number of H-pyrrole nitrogens is 1. The van der Waals surface area contributed by atoms with E-state index in [0.29, 0.717) is 73.4 Å². The highest BCUT2D eigenvalue weighted by Gasteiger charge is 2.41. The van der Waals surface area contributed by atoms with E-state index in [0.717, 1.165) is 12.8 Å². The quantitative estimate of drug-likeness (QED) is 0.554. The van der Waals surface area contributed by atoms with E-state index in [-0.39, 0.29) is 24.3 Å². The molecule has 3 aliphatic heterocycles. The van der Waals surface area contributed by atoms with Gasteiger partial charge in [0.2, 0.25) is 5.91 Å². The number of aromatic nitrogens is 3. The fourth-order valence-corrected chi connectivity index (χ4v) is 5.44. The van der Waals surface area contributed by atoms with Crippen LogP contribution in [0.5, 0.6) is 5.75 Å². The SMILES string of the molecule is CNC(=O)C12CCCCN(C(=O)c3ccc4n[nH]nc4c3)CCOc3ccccc3C(=O)N(CC1)CC2. The molecular weight excluding hydrogens is 472 g/mol. The van der Waals surface area contributed by atoms with E-state index in [1.807, 2.05) is 17.0 Å². The van der Waals surface area contributed by atoms with Gasteiger partial charge in [-0.05, 0) is 56.0 Å². The smallest absolute Gasteiger partial charge is 0.257 e. The maximum absolute atomic E-state index is 13.5. The molecule has 0 saturated carbocycles. The van der Waals surface area contributed by atoms with Gasteiger partial charge in [-0.3, -0.25) is 14.4 Å². The Bertz CT molecular complexity index is 1300. The molecule has 1 aromatic heterocycles. The van der Waals surface area contributed by atoms with Gasteiger partial charge in [-0.15, -0.1) is 0 Å². The van der Waals surface area contributed by atoms with Crippen molar-refractivity contribution in [2.45, 2.75) is 32.1 Å². The van der Waals surface area contributed by atoms with E-state index in [1.54, 1.807) is 42.3 Å². The van der Waals surface area contributed by atoms with Crippen LogP contribution in [0.2, 0.25) is 0 Å². The Labute approximate surface area is 215 Å². The number of aromatic amines is 1. The summed E-state index contributed by atoms with van der Waals surface area (Å²) in [6, 6.07) is 12.5. The van der Waals surface area contributed by atoms with Crippen LogP contribution in [0, 0.1) is 5.41 Å². The molecule has 0 spiro atoms. The van der Waals surface area contributed by atoms with Crippen molar-refractivity contribution >= 4 is 28.8 Å². The second-order valence-electron chi connectivity index (χ2n) is 9.77. The highest BCUT2D eigenvalue weighted by Crippen LogP contribution is 2.38. The van der Waals surface area contributed by atoms with E-state index in [4.69, 9.17) is 4.74 Å². The molecule has 1 saturated heterocycles. The lowest BCUT2D eigenvalue weighted by molar-refractivity contribution is -0.133. The predicted molar refractivity (Wildman–Crippen MR) is 137 cm³/mol. The first-order chi connectivity index (χ1) is 18.0. The molecule has 6 rings (SSSR count). The maximum atomic E-state index is 13.5. The first kappa shape index (κ1) is 24.7. The number of para-hydroxylation sites is 1. The van der Waals surface area contributed by atoms with Gasteiger partial charge in [0, 0.05) is 32.2 Å². The van der Waals surface area contributed by atoms with Crippen LogP contribution in [0.25, 0.3) is 11.0 Å². The topological polar surface area (TPSA) is 121 Å². The van der Waals surface area contributed by atoms with Crippen LogP contribution >= 0.6 is 0 Å². The number of piperidine rings is 1. The van der Waals surface area contributed by atoms with Gasteiger partial charge in [0.25, 0.3) is 11.8 Å². The van der Waals surface area contributed by atoms with Crippen LogP contribution in [-0.2, 0) is 4.79 Å². The number of carbonyl (C=O) groups is 3. The van der Waals surface area contributed by atoms with Crippen LogP contribution in [0.3, 0.4) is 0 Å². The number of rotatable bonds is 2. The second kappa shape index (κ2) is 10.6. The molecule has 2 aromatic carbocycles. The molecule has 194 valence electrons. The molecule has 0 unspecified atom stereocenters. The normalized spacial score (nSPS) is 18.5. The van der Waals surface area contributed by atoms with Crippen molar-refractivity contribution in [3.63, 3.8) is 0 Å². The zero-order valence-corrected chi connectivity index (χ0v) is 21.0. The summed E-state index contributed by atoms with van der Waals surface area (Å²) in [5.41, 5.74) is 1.85. The third-order valence-electron chi connectivity index (χ3n) is 7.64. The molecule has 10 nitrogen and oxygen atoms in total. The van der Waals surface area contributed by atoms with Gasteiger partial charge in [-0.2, -0.15) is 15.4 Å². The van der Waals surface area contributed by atoms with Gasteiger partial charge in [0.05, 0.1) is 17.5 Å². The van der Waals surface area contributed by atoms with Crippen molar-refractivity contribution in [3.8, 4) is 5.75 Å². The number of carbonyl (C=O) groups excluding carboxylic acids is 3. The lowest BCUT2D eigenvalue weighted by Gasteiger charge is -2.40. The standard InChI is InChI=1S/C27H32N6O4/c1-28-26(36)27-10-4-5-13-32(24(34)19-8-9-21-22(18-19)30-31-29-21)16-17-37-23-7-3-2-6-20(23)25(35)33(14-11-27)15-12-27/h2-3,6-9,18H,4-5,10-17H2,1H3,(H,28,36)(H,29,30,31). The zero-order chi connectivity index (χ0) is 25.8. The summed E-state index contributed by atoms with van der Waals surface area (Å²) in [5.74, 6) is 0.323. The summed E-state index contributed by atoms with van der Waals surface area (Å²) in [5, 5.41) is 13.6. The summed E-state index contributed by atoms with van der Waals surface area (Å²) < 4.78 is 6.06. The molecule has 0 radical (unpaired) electrons. The summed E-state index contributed by atoms with van der Waals surface area (Å²) in [4.78, 5) is 43.4. The lowest BCUT2D eigenvalue weighted by Crippen LogP contribution is -2.49. The molecule has 0 atom stereocenters. The second-order valence-corrected chi connectivity index (χ2v) is 9.77. The third kappa shape index (κ3) is 5.00. The highest BCUT2D eigenvalue weighted by molar-refractivity contribution is 5.98. The molecule has 3 aromatic rings. The average Bonchev–Trinajstić information content (AvgIpc) is 3.41. The summed E-state index contributed by atoms with van der Waals surface area (Å²) in [6.45, 7) is 2.20. The lowest BCUT2D eigenvalue weighted by atomic mass is 9.73. The minimum Gasteiger partial charge on any atom is -0.491 e. The van der Waals surface area contributed by atoms with Crippen molar-refractivity contribution in [1.82, 2.24) is 30.5 Å². The number of amides is 3. The van der Waals surface area contributed by atoms with Crippen LogP contribution < -0.4 is 10.1 Å². The molecule has 3 amide bonds. The van der Waals surface area contributed by atoms with Gasteiger partial charge in [-0.1, -0.05) is 18.6 Å². The van der Waals surface area contributed by atoms with Gasteiger partial charge in [-0.25, -0.2) is 0 Å². The average molecular weight is 505 g/mol. The highest BCUT2D eigenvalue weighted by atomic mass is 16.5. The largest absolute Gasteiger partial charge is 0.491 e. The van der Waals surface area contributed by atoms with E-state index in [1.165, 1.54) is 0 Å². The van der Waals surface area contributed by atoms with Crippen molar-refractivity contribution in [3.05, 3.63) is 53.6 Å². The molecule has 1 fully saturated rings. The number of hydrogen-bond donors (Lipinski definition) is 2. The van der Waals surface area contributed by atoms with Crippen molar-refractivity contribution in [2.75, 3.05) is 39.8 Å². The Hall–Kier alpha value is -3.95. The maximum Gasteiger partial charge on any atom is 0.257 e. The molecule has 10 heteroatoms. The molecule has 4 heterocycles. The Balaban J connectivity index is 1.41. The van der Waals surface area contributed by atoms with E-state index in [9.17, 15) is 14.4 Å². The molecule has 0 aliphatic carbocycles. The zero-order valence-electron chi connectivity index (χ0n) is 21.0. The van der Waals surface area contributed by atoms with E-state index < -0.39 is 5.41 Å². The minimum absolute atomic E-state index is 0.0292. The first-order valence-corrected chi connectivity index (χ1v) is 12.8. The van der Waals surface area contributed by atoms with Crippen molar-refractivity contribution < 1.29 is 19.1 Å². The number of ether oxygens (including phenoxy) is 1. The van der Waals surface area contributed by atoms with Crippen LogP contribution in [0.15, 0.2) is 42.5 Å². The Morgan fingerprint density at radius 3 is 2.57 bits per heavy atom.